The number of methoxy groups -OCH3 is 1. The van der Waals surface area contributed by atoms with Gasteiger partial charge in [-0.25, -0.2) is 4.98 Å². The van der Waals surface area contributed by atoms with E-state index in [2.05, 4.69) is 20.9 Å². The van der Waals surface area contributed by atoms with Gasteiger partial charge in [-0.3, -0.25) is 0 Å². The molecule has 1 aromatic carbocycles. The lowest BCUT2D eigenvalue weighted by Crippen LogP contribution is -2.08. The zero-order valence-electron chi connectivity index (χ0n) is 10.7. The van der Waals surface area contributed by atoms with Crippen LogP contribution in [0.15, 0.2) is 34.9 Å². The quantitative estimate of drug-likeness (QED) is 0.829. The molecule has 0 radical (unpaired) electrons. The van der Waals surface area contributed by atoms with Crippen LogP contribution in [0.2, 0.25) is 0 Å². The molecule has 2 aromatic rings. The summed E-state index contributed by atoms with van der Waals surface area (Å²) in [6.45, 7) is 0. The smallest absolute Gasteiger partial charge is 0.421 e. The van der Waals surface area contributed by atoms with Crippen LogP contribution in [0.25, 0.3) is 0 Å². The van der Waals surface area contributed by atoms with Crippen molar-refractivity contribution >= 4 is 21.6 Å². The lowest BCUT2D eigenvalue weighted by atomic mass is 10.2. The van der Waals surface area contributed by atoms with Gasteiger partial charge in [-0.2, -0.15) is 13.2 Å². The standard InChI is InChI=1S/C13H10BrF3N2O2/c1-20-11-3-2-8(5-10(11)18)21-12-9(13(15,16)17)4-7(14)6-19-12/h2-6H,18H2,1H3. The number of aromatic nitrogens is 1. The lowest BCUT2D eigenvalue weighted by Gasteiger charge is -2.13. The number of ether oxygens (including phenoxy) is 2. The normalized spacial score (nSPS) is 11.3. The molecule has 2 N–H and O–H groups in total. The van der Waals surface area contributed by atoms with Crippen molar-refractivity contribution in [3.8, 4) is 17.4 Å². The Bertz CT molecular complexity index is 662. The number of hydrogen-bond donors (Lipinski definition) is 1. The van der Waals surface area contributed by atoms with Crippen LogP contribution in [-0.4, -0.2) is 12.1 Å². The van der Waals surface area contributed by atoms with Gasteiger partial charge in [0.25, 0.3) is 0 Å². The van der Waals surface area contributed by atoms with Gasteiger partial charge >= 0.3 is 6.18 Å². The monoisotopic (exact) mass is 362 g/mol. The highest BCUT2D eigenvalue weighted by molar-refractivity contribution is 9.10. The van der Waals surface area contributed by atoms with Crippen LogP contribution in [-0.2, 0) is 6.18 Å². The van der Waals surface area contributed by atoms with E-state index in [1.807, 2.05) is 0 Å². The van der Waals surface area contributed by atoms with E-state index in [4.69, 9.17) is 15.2 Å². The highest BCUT2D eigenvalue weighted by Crippen LogP contribution is 2.38. The van der Waals surface area contributed by atoms with Crippen LogP contribution >= 0.6 is 15.9 Å². The Morgan fingerprint density at radius 2 is 1.95 bits per heavy atom. The third kappa shape index (κ3) is 3.57. The van der Waals surface area contributed by atoms with Crippen LogP contribution in [0.5, 0.6) is 17.4 Å². The first-order valence-corrected chi connectivity index (χ1v) is 6.44. The Morgan fingerprint density at radius 1 is 1.24 bits per heavy atom. The molecule has 0 saturated carbocycles. The average molecular weight is 363 g/mol. The fraction of sp³-hybridized carbons (Fsp3) is 0.154. The Hall–Kier alpha value is -1.96. The topological polar surface area (TPSA) is 57.4 Å². The molecule has 0 fully saturated rings. The van der Waals surface area contributed by atoms with Crippen molar-refractivity contribution < 1.29 is 22.6 Å². The largest absolute Gasteiger partial charge is 0.495 e. The van der Waals surface area contributed by atoms with Crippen LogP contribution in [0.1, 0.15) is 5.56 Å². The van der Waals surface area contributed by atoms with Crippen molar-refractivity contribution in [2.24, 2.45) is 0 Å². The summed E-state index contributed by atoms with van der Waals surface area (Å²) in [6, 6.07) is 5.20. The van der Waals surface area contributed by atoms with Gasteiger partial charge in [0.15, 0.2) is 0 Å². The summed E-state index contributed by atoms with van der Waals surface area (Å²) in [4.78, 5) is 3.65. The Morgan fingerprint density at radius 3 is 2.52 bits per heavy atom. The van der Waals surface area contributed by atoms with Crippen molar-refractivity contribution in [3.05, 3.63) is 40.5 Å². The highest BCUT2D eigenvalue weighted by Gasteiger charge is 2.35. The summed E-state index contributed by atoms with van der Waals surface area (Å²) >= 11 is 2.95. The molecule has 0 spiro atoms. The summed E-state index contributed by atoms with van der Waals surface area (Å²) in [6.07, 6.45) is -3.36. The minimum atomic E-state index is -4.58. The number of hydrogen-bond acceptors (Lipinski definition) is 4. The molecule has 8 heteroatoms. The van der Waals surface area contributed by atoms with Gasteiger partial charge in [-0.1, -0.05) is 0 Å². The summed E-state index contributed by atoms with van der Waals surface area (Å²) in [5, 5.41) is 0. The minimum Gasteiger partial charge on any atom is -0.495 e. The van der Waals surface area contributed by atoms with E-state index in [9.17, 15) is 13.2 Å². The first-order valence-electron chi connectivity index (χ1n) is 5.65. The summed E-state index contributed by atoms with van der Waals surface area (Å²) < 4.78 is 49.2. The molecule has 21 heavy (non-hydrogen) atoms. The van der Waals surface area contributed by atoms with E-state index in [1.165, 1.54) is 31.5 Å². The van der Waals surface area contributed by atoms with Crippen LogP contribution < -0.4 is 15.2 Å². The molecule has 0 aliphatic rings. The van der Waals surface area contributed by atoms with Gasteiger partial charge in [-0.15, -0.1) is 0 Å². The maximum Gasteiger partial charge on any atom is 0.421 e. The number of alkyl halides is 3. The number of pyridine rings is 1. The van der Waals surface area contributed by atoms with Gasteiger partial charge < -0.3 is 15.2 Å². The number of benzene rings is 1. The predicted molar refractivity (Wildman–Crippen MR) is 74.4 cm³/mol. The summed E-state index contributed by atoms with van der Waals surface area (Å²) in [5.74, 6) is -0.00829. The van der Waals surface area contributed by atoms with E-state index in [0.717, 1.165) is 6.07 Å². The molecule has 1 aromatic heterocycles. The fourth-order valence-corrected chi connectivity index (χ4v) is 1.93. The fourth-order valence-electron chi connectivity index (χ4n) is 1.60. The summed E-state index contributed by atoms with van der Waals surface area (Å²) in [7, 11) is 1.43. The Labute approximate surface area is 126 Å². The lowest BCUT2D eigenvalue weighted by molar-refractivity contribution is -0.138. The summed E-state index contributed by atoms with van der Waals surface area (Å²) in [5.41, 5.74) is 4.95. The van der Waals surface area contributed by atoms with Gasteiger partial charge in [-0.05, 0) is 34.1 Å². The number of anilines is 1. The van der Waals surface area contributed by atoms with Crippen molar-refractivity contribution in [1.82, 2.24) is 4.98 Å². The molecular formula is C13H10BrF3N2O2. The number of nitrogens with zero attached hydrogens (tertiary/aromatic N) is 1. The van der Waals surface area contributed by atoms with Gasteiger partial charge in [0.05, 0.1) is 12.8 Å². The van der Waals surface area contributed by atoms with Crippen molar-refractivity contribution in [2.75, 3.05) is 12.8 Å². The molecule has 4 nitrogen and oxygen atoms in total. The first kappa shape index (κ1) is 15.4. The third-order valence-electron chi connectivity index (χ3n) is 2.54. The van der Waals surface area contributed by atoms with Crippen molar-refractivity contribution in [3.63, 3.8) is 0 Å². The molecule has 0 aliphatic carbocycles. The van der Waals surface area contributed by atoms with Crippen LogP contribution in [0, 0.1) is 0 Å². The molecule has 0 amide bonds. The second kappa shape index (κ2) is 5.80. The predicted octanol–water partition coefficient (Wildman–Crippen LogP) is 4.25. The van der Waals surface area contributed by atoms with Gasteiger partial charge in [0.1, 0.15) is 17.1 Å². The second-order valence-electron chi connectivity index (χ2n) is 4.01. The van der Waals surface area contributed by atoms with E-state index in [-0.39, 0.29) is 15.9 Å². The molecule has 112 valence electrons. The molecule has 0 saturated heterocycles. The number of halogens is 4. The Balaban J connectivity index is 2.38. The minimum absolute atomic E-state index is 0.133. The molecule has 0 unspecified atom stereocenters. The van der Waals surface area contributed by atoms with E-state index in [0.29, 0.717) is 5.75 Å². The van der Waals surface area contributed by atoms with Gasteiger partial charge in [0.2, 0.25) is 5.88 Å². The number of nitrogen functional groups attached to an aromatic ring is 1. The molecule has 1 heterocycles. The number of rotatable bonds is 3. The first-order chi connectivity index (χ1) is 9.81. The van der Waals surface area contributed by atoms with Crippen LogP contribution in [0.3, 0.4) is 0 Å². The maximum atomic E-state index is 12.9. The van der Waals surface area contributed by atoms with Crippen molar-refractivity contribution in [1.29, 1.82) is 0 Å². The second-order valence-corrected chi connectivity index (χ2v) is 4.93. The Kier molecular flexibility index (Phi) is 4.26. The van der Waals surface area contributed by atoms with E-state index < -0.39 is 17.6 Å². The highest BCUT2D eigenvalue weighted by atomic mass is 79.9. The third-order valence-corrected chi connectivity index (χ3v) is 2.97. The average Bonchev–Trinajstić information content (AvgIpc) is 2.40. The molecular weight excluding hydrogens is 353 g/mol. The van der Waals surface area contributed by atoms with E-state index >= 15 is 0 Å². The van der Waals surface area contributed by atoms with Gasteiger partial charge in [0, 0.05) is 16.7 Å². The number of nitrogens with two attached hydrogens (primary N) is 1. The maximum absolute atomic E-state index is 12.9. The zero-order valence-corrected chi connectivity index (χ0v) is 12.3. The SMILES string of the molecule is COc1ccc(Oc2ncc(Br)cc2C(F)(F)F)cc1N. The molecule has 2 rings (SSSR count). The molecule has 0 aliphatic heterocycles. The molecule has 0 atom stereocenters. The van der Waals surface area contributed by atoms with Crippen LogP contribution in [0.4, 0.5) is 18.9 Å². The zero-order chi connectivity index (χ0) is 15.6. The van der Waals surface area contributed by atoms with E-state index in [1.54, 1.807) is 0 Å². The molecule has 0 bridgehead atoms. The van der Waals surface area contributed by atoms with Crippen molar-refractivity contribution in [2.45, 2.75) is 6.18 Å².